The first-order valence-electron chi connectivity index (χ1n) is 5.66. The minimum Gasteiger partial charge on any atom is -0.385 e. The van der Waals surface area contributed by atoms with Gasteiger partial charge in [-0.3, -0.25) is 0 Å². The predicted octanol–water partition coefficient (Wildman–Crippen LogP) is 1.66. The number of nitrogens with zero attached hydrogens (tertiary/aromatic N) is 1. The Morgan fingerprint density at radius 3 is 3.00 bits per heavy atom. The highest BCUT2D eigenvalue weighted by atomic mass is 16.5. The van der Waals surface area contributed by atoms with Crippen LogP contribution in [0.15, 0.2) is 18.3 Å². The molecule has 4 nitrogen and oxygen atoms in total. The van der Waals surface area contributed by atoms with E-state index in [4.69, 9.17) is 10.5 Å². The van der Waals surface area contributed by atoms with Gasteiger partial charge >= 0.3 is 0 Å². The molecule has 1 fully saturated rings. The van der Waals surface area contributed by atoms with Crippen LogP contribution in [0.1, 0.15) is 37.9 Å². The Kier molecular flexibility index (Phi) is 3.12. The third kappa shape index (κ3) is 2.03. The maximum absolute atomic E-state index is 10.3. The Labute approximate surface area is 95.4 Å². The molecule has 0 amide bonds. The molecule has 88 valence electrons. The van der Waals surface area contributed by atoms with Crippen molar-refractivity contribution in [1.82, 2.24) is 4.98 Å². The maximum atomic E-state index is 10.3. The summed E-state index contributed by atoms with van der Waals surface area (Å²) in [5, 5.41) is 10.3. The SMILES string of the molecule is CC1(C(O)c2cccnc2N)CCCCO1. The predicted molar refractivity (Wildman–Crippen MR) is 61.8 cm³/mol. The molecule has 0 spiro atoms. The van der Waals surface area contributed by atoms with Crippen LogP contribution in [0.3, 0.4) is 0 Å². The number of aliphatic hydroxyl groups excluding tert-OH is 1. The number of pyridine rings is 1. The summed E-state index contributed by atoms with van der Waals surface area (Å²) >= 11 is 0. The highest BCUT2D eigenvalue weighted by Gasteiger charge is 2.37. The second-order valence-electron chi connectivity index (χ2n) is 4.50. The highest BCUT2D eigenvalue weighted by molar-refractivity contribution is 5.41. The Hall–Kier alpha value is -1.13. The van der Waals surface area contributed by atoms with Crippen LogP contribution in [0.4, 0.5) is 5.82 Å². The molecule has 1 aromatic heterocycles. The van der Waals surface area contributed by atoms with Gasteiger partial charge < -0.3 is 15.6 Å². The first kappa shape index (κ1) is 11.4. The van der Waals surface area contributed by atoms with Crippen molar-refractivity contribution in [3.8, 4) is 0 Å². The summed E-state index contributed by atoms with van der Waals surface area (Å²) in [6.45, 7) is 2.64. The average molecular weight is 222 g/mol. The van der Waals surface area contributed by atoms with Crippen LogP contribution in [0.2, 0.25) is 0 Å². The molecule has 3 N–H and O–H groups in total. The largest absolute Gasteiger partial charge is 0.385 e. The van der Waals surface area contributed by atoms with Gasteiger partial charge in [0.2, 0.25) is 0 Å². The second-order valence-corrected chi connectivity index (χ2v) is 4.50. The minimum atomic E-state index is -0.707. The van der Waals surface area contributed by atoms with Gasteiger partial charge in [0.15, 0.2) is 0 Å². The van der Waals surface area contributed by atoms with Gasteiger partial charge in [0, 0.05) is 18.4 Å². The fourth-order valence-electron chi connectivity index (χ4n) is 2.16. The lowest BCUT2D eigenvalue weighted by atomic mass is 9.86. The third-order valence-electron chi connectivity index (χ3n) is 3.24. The van der Waals surface area contributed by atoms with Gasteiger partial charge in [0.25, 0.3) is 0 Å². The molecule has 0 saturated carbocycles. The molecule has 0 radical (unpaired) electrons. The zero-order valence-electron chi connectivity index (χ0n) is 9.52. The third-order valence-corrected chi connectivity index (χ3v) is 3.24. The molecule has 0 bridgehead atoms. The lowest BCUT2D eigenvalue weighted by molar-refractivity contribution is -0.138. The molecular weight excluding hydrogens is 204 g/mol. The number of ether oxygens (including phenoxy) is 1. The summed E-state index contributed by atoms with van der Waals surface area (Å²) in [5.74, 6) is 0.380. The van der Waals surface area contributed by atoms with E-state index in [0.29, 0.717) is 18.0 Å². The molecule has 4 heteroatoms. The molecular formula is C12H18N2O2. The molecule has 2 atom stereocenters. The van der Waals surface area contributed by atoms with Gasteiger partial charge in [-0.2, -0.15) is 0 Å². The summed E-state index contributed by atoms with van der Waals surface area (Å²) in [4.78, 5) is 3.99. The first-order valence-corrected chi connectivity index (χ1v) is 5.66. The number of anilines is 1. The van der Waals surface area contributed by atoms with Crippen LogP contribution in [0.5, 0.6) is 0 Å². The summed E-state index contributed by atoms with van der Waals surface area (Å²) in [5.41, 5.74) is 5.89. The van der Waals surface area contributed by atoms with E-state index in [1.807, 2.05) is 6.92 Å². The van der Waals surface area contributed by atoms with E-state index in [1.165, 1.54) is 0 Å². The van der Waals surface area contributed by atoms with Crippen LogP contribution >= 0.6 is 0 Å². The molecule has 2 heterocycles. The van der Waals surface area contributed by atoms with Crippen molar-refractivity contribution in [3.63, 3.8) is 0 Å². The topological polar surface area (TPSA) is 68.4 Å². The van der Waals surface area contributed by atoms with E-state index in [2.05, 4.69) is 4.98 Å². The zero-order valence-corrected chi connectivity index (χ0v) is 9.52. The van der Waals surface area contributed by atoms with Gasteiger partial charge in [-0.05, 0) is 32.3 Å². The Balaban J connectivity index is 2.24. The quantitative estimate of drug-likeness (QED) is 0.798. The van der Waals surface area contributed by atoms with E-state index in [-0.39, 0.29) is 0 Å². The fraction of sp³-hybridized carbons (Fsp3) is 0.583. The smallest absolute Gasteiger partial charge is 0.129 e. The molecule has 1 aliphatic rings. The van der Waals surface area contributed by atoms with E-state index in [0.717, 1.165) is 19.3 Å². The van der Waals surface area contributed by atoms with Gasteiger partial charge in [0.1, 0.15) is 11.9 Å². The number of hydrogen-bond acceptors (Lipinski definition) is 4. The van der Waals surface area contributed by atoms with Crippen LogP contribution < -0.4 is 5.73 Å². The molecule has 16 heavy (non-hydrogen) atoms. The van der Waals surface area contributed by atoms with Crippen LogP contribution in [0, 0.1) is 0 Å². The lowest BCUT2D eigenvalue weighted by Crippen LogP contribution is -2.39. The van der Waals surface area contributed by atoms with Gasteiger partial charge in [0.05, 0.1) is 5.60 Å². The molecule has 2 rings (SSSR count). The zero-order chi connectivity index (χ0) is 11.6. The second kappa shape index (κ2) is 4.39. The van der Waals surface area contributed by atoms with Crippen molar-refractivity contribution in [3.05, 3.63) is 23.9 Å². The van der Waals surface area contributed by atoms with E-state index < -0.39 is 11.7 Å². The highest BCUT2D eigenvalue weighted by Crippen LogP contribution is 2.37. The van der Waals surface area contributed by atoms with Gasteiger partial charge in [-0.1, -0.05) is 6.07 Å². The Bertz CT molecular complexity index is 362. The molecule has 2 unspecified atom stereocenters. The average Bonchev–Trinajstić information content (AvgIpc) is 2.30. The molecule has 0 aliphatic carbocycles. The first-order chi connectivity index (χ1) is 7.63. The van der Waals surface area contributed by atoms with Crippen molar-refractivity contribution in [1.29, 1.82) is 0 Å². The molecule has 1 aliphatic heterocycles. The van der Waals surface area contributed by atoms with Crippen molar-refractivity contribution < 1.29 is 9.84 Å². The number of aliphatic hydroxyl groups is 1. The minimum absolute atomic E-state index is 0.380. The fourth-order valence-corrected chi connectivity index (χ4v) is 2.16. The number of rotatable bonds is 2. The van der Waals surface area contributed by atoms with Crippen molar-refractivity contribution in [2.24, 2.45) is 0 Å². The number of nitrogens with two attached hydrogens (primary N) is 1. The molecule has 1 aromatic rings. The standard InChI is InChI=1S/C12H18N2O2/c1-12(6-2-3-8-16-12)10(15)9-5-4-7-14-11(9)13/h4-5,7,10,15H,2-3,6,8H2,1H3,(H2,13,14). The van der Waals surface area contributed by atoms with E-state index in [9.17, 15) is 5.11 Å². The van der Waals surface area contributed by atoms with Gasteiger partial charge in [-0.15, -0.1) is 0 Å². The summed E-state index contributed by atoms with van der Waals surface area (Å²) in [7, 11) is 0. The summed E-state index contributed by atoms with van der Waals surface area (Å²) in [6.07, 6.45) is 3.90. The maximum Gasteiger partial charge on any atom is 0.129 e. The van der Waals surface area contributed by atoms with Crippen molar-refractivity contribution >= 4 is 5.82 Å². The monoisotopic (exact) mass is 222 g/mol. The van der Waals surface area contributed by atoms with Crippen LogP contribution in [-0.4, -0.2) is 22.3 Å². The van der Waals surface area contributed by atoms with Crippen molar-refractivity contribution in [2.75, 3.05) is 12.3 Å². The summed E-state index contributed by atoms with van der Waals surface area (Å²) < 4.78 is 5.70. The van der Waals surface area contributed by atoms with Crippen LogP contribution in [0.25, 0.3) is 0 Å². The Morgan fingerprint density at radius 2 is 2.38 bits per heavy atom. The number of nitrogen functional groups attached to an aromatic ring is 1. The van der Waals surface area contributed by atoms with E-state index >= 15 is 0 Å². The van der Waals surface area contributed by atoms with Crippen LogP contribution in [-0.2, 0) is 4.74 Å². The van der Waals surface area contributed by atoms with E-state index in [1.54, 1.807) is 18.3 Å². The molecule has 0 aromatic carbocycles. The molecule has 1 saturated heterocycles. The normalized spacial score (nSPS) is 27.6. The summed E-state index contributed by atoms with van der Waals surface area (Å²) in [6, 6.07) is 3.58. The number of hydrogen-bond donors (Lipinski definition) is 2. The lowest BCUT2D eigenvalue weighted by Gasteiger charge is -2.38. The van der Waals surface area contributed by atoms with Gasteiger partial charge in [-0.25, -0.2) is 4.98 Å². The Morgan fingerprint density at radius 1 is 1.56 bits per heavy atom. The van der Waals surface area contributed by atoms with Crippen molar-refractivity contribution in [2.45, 2.75) is 37.9 Å². The number of aromatic nitrogens is 1.